The van der Waals surface area contributed by atoms with Crippen molar-refractivity contribution in [2.75, 3.05) is 0 Å². The fourth-order valence-electron chi connectivity index (χ4n) is 0.117. The first-order valence-electron chi connectivity index (χ1n) is 1.55. The predicted octanol–water partition coefficient (Wildman–Crippen LogP) is 0.855. The first-order valence-corrected chi connectivity index (χ1v) is 1.55. The van der Waals surface area contributed by atoms with E-state index in [9.17, 15) is 4.79 Å². The van der Waals surface area contributed by atoms with Gasteiger partial charge in [0.1, 0.15) is 0 Å². The smallest absolute Gasteiger partial charge is 0.307 e. The second-order valence-corrected chi connectivity index (χ2v) is 0.776. The summed E-state index contributed by atoms with van der Waals surface area (Å²) >= 11 is 0. The van der Waals surface area contributed by atoms with Gasteiger partial charge in [-0.05, 0) is 0 Å². The van der Waals surface area contributed by atoms with Crippen LogP contribution >= 0.6 is 0 Å². The molecular weight excluding hydrogens is 94.0 g/mol. The van der Waals surface area contributed by atoms with Crippen LogP contribution in [0.4, 0.5) is 0 Å². The van der Waals surface area contributed by atoms with Crippen LogP contribution in [0, 0.1) is 0 Å². The van der Waals surface area contributed by atoms with Gasteiger partial charge in [-0.3, -0.25) is 4.79 Å². The van der Waals surface area contributed by atoms with E-state index in [1.54, 1.807) is 0 Å². The Hall–Kier alpha value is -0.830. The molecular formula is C4H9NO2. The van der Waals surface area contributed by atoms with E-state index in [2.05, 4.69) is 11.3 Å². The molecule has 3 nitrogen and oxygen atoms in total. The molecule has 0 rings (SSSR count). The van der Waals surface area contributed by atoms with Gasteiger partial charge in [0.05, 0.1) is 6.26 Å². The van der Waals surface area contributed by atoms with Crippen LogP contribution in [0.5, 0.6) is 0 Å². The van der Waals surface area contributed by atoms with E-state index in [1.807, 2.05) is 0 Å². The molecule has 0 aromatic carbocycles. The van der Waals surface area contributed by atoms with E-state index < -0.39 is 0 Å². The number of hydrogen-bond acceptors (Lipinski definition) is 3. The summed E-state index contributed by atoms with van der Waals surface area (Å²) in [6.45, 7) is 4.48. The average Bonchev–Trinajstić information content (AvgIpc) is 1.35. The zero-order valence-corrected chi connectivity index (χ0v) is 4.31. The maximum Gasteiger partial charge on any atom is 0.307 e. The van der Waals surface area contributed by atoms with E-state index in [0.29, 0.717) is 0 Å². The quantitative estimate of drug-likeness (QED) is 0.395. The Bertz CT molecular complexity index is 70.1. The highest BCUT2D eigenvalue weighted by Crippen LogP contribution is 1.70. The van der Waals surface area contributed by atoms with Gasteiger partial charge in [0.2, 0.25) is 0 Å². The summed E-state index contributed by atoms with van der Waals surface area (Å²) in [4.78, 5) is 9.75. The van der Waals surface area contributed by atoms with Gasteiger partial charge in [-0.25, -0.2) is 0 Å². The van der Waals surface area contributed by atoms with E-state index in [1.165, 1.54) is 6.92 Å². The number of carbonyl (C=O) groups excluding carboxylic acids is 1. The lowest BCUT2D eigenvalue weighted by Gasteiger charge is -1.83. The fourth-order valence-corrected chi connectivity index (χ4v) is 0.117. The molecule has 0 heterocycles. The molecule has 0 spiro atoms. The van der Waals surface area contributed by atoms with Gasteiger partial charge in [0, 0.05) is 6.92 Å². The highest BCUT2D eigenvalue weighted by molar-refractivity contribution is 5.66. The summed E-state index contributed by atoms with van der Waals surface area (Å²) in [7, 11) is 0. The molecule has 0 bridgehead atoms. The van der Waals surface area contributed by atoms with Crippen LogP contribution in [-0.4, -0.2) is 5.97 Å². The number of rotatable bonds is 1. The van der Waals surface area contributed by atoms with Crippen LogP contribution in [0.2, 0.25) is 0 Å². The maximum atomic E-state index is 9.75. The normalized spacial score (nSPS) is 5.86. The van der Waals surface area contributed by atoms with Crippen molar-refractivity contribution in [1.29, 1.82) is 0 Å². The molecule has 0 aliphatic rings. The Labute approximate surface area is 42.6 Å². The molecule has 0 aliphatic heterocycles. The van der Waals surface area contributed by atoms with Gasteiger partial charge in [-0.15, -0.1) is 0 Å². The van der Waals surface area contributed by atoms with E-state index in [4.69, 9.17) is 0 Å². The first kappa shape index (κ1) is 9.48. The van der Waals surface area contributed by atoms with E-state index in [-0.39, 0.29) is 12.1 Å². The van der Waals surface area contributed by atoms with Crippen LogP contribution in [0.1, 0.15) is 6.92 Å². The van der Waals surface area contributed by atoms with Crippen LogP contribution in [0.25, 0.3) is 0 Å². The molecule has 7 heavy (non-hydrogen) atoms. The summed E-state index contributed by atoms with van der Waals surface area (Å²) < 4.78 is 4.17. The molecule has 42 valence electrons. The predicted molar refractivity (Wildman–Crippen MR) is 27.0 cm³/mol. The third-order valence-electron chi connectivity index (χ3n) is 0.249. The molecule has 3 N–H and O–H groups in total. The summed E-state index contributed by atoms with van der Waals surface area (Å²) in [6, 6.07) is 0. The van der Waals surface area contributed by atoms with E-state index >= 15 is 0 Å². The molecule has 0 radical (unpaired) electrons. The highest BCUT2D eigenvalue weighted by atomic mass is 16.5. The Morgan fingerprint density at radius 2 is 2.29 bits per heavy atom. The molecule has 0 atom stereocenters. The van der Waals surface area contributed by atoms with Gasteiger partial charge in [0.15, 0.2) is 0 Å². The van der Waals surface area contributed by atoms with Crippen molar-refractivity contribution in [2.45, 2.75) is 6.92 Å². The summed E-state index contributed by atoms with van der Waals surface area (Å²) in [5.41, 5.74) is 0. The zero-order valence-electron chi connectivity index (χ0n) is 4.31. The molecule has 0 saturated carbocycles. The standard InChI is InChI=1S/C4H6O2.H3N/c1-3-6-4(2)5;/h3H,1H2,2H3;1H3. The maximum absolute atomic E-state index is 9.75. The minimum atomic E-state index is -0.329. The molecule has 3 heteroatoms. The third-order valence-corrected chi connectivity index (χ3v) is 0.249. The summed E-state index contributed by atoms with van der Waals surface area (Å²) in [5.74, 6) is -0.329. The van der Waals surface area contributed by atoms with Crippen molar-refractivity contribution in [1.82, 2.24) is 6.15 Å². The minimum absolute atomic E-state index is 0. The molecule has 0 amide bonds. The van der Waals surface area contributed by atoms with Crippen LogP contribution in [0.15, 0.2) is 12.8 Å². The minimum Gasteiger partial charge on any atom is -0.435 e. The third kappa shape index (κ3) is 11.0. The Morgan fingerprint density at radius 1 is 1.86 bits per heavy atom. The van der Waals surface area contributed by atoms with Gasteiger partial charge >= 0.3 is 5.97 Å². The van der Waals surface area contributed by atoms with Gasteiger partial charge < -0.3 is 10.9 Å². The van der Waals surface area contributed by atoms with Crippen molar-refractivity contribution in [2.24, 2.45) is 0 Å². The largest absolute Gasteiger partial charge is 0.435 e. The monoisotopic (exact) mass is 103 g/mol. The summed E-state index contributed by atoms with van der Waals surface area (Å²) in [6.07, 6.45) is 1.10. The Kier molecular flexibility index (Phi) is 7.00. The van der Waals surface area contributed by atoms with E-state index in [0.717, 1.165) is 6.26 Å². The van der Waals surface area contributed by atoms with Gasteiger partial charge in [-0.1, -0.05) is 6.58 Å². The van der Waals surface area contributed by atoms with Crippen LogP contribution in [-0.2, 0) is 9.53 Å². The van der Waals surface area contributed by atoms with Crippen molar-refractivity contribution in [3.8, 4) is 0 Å². The van der Waals surface area contributed by atoms with Crippen LogP contribution in [0.3, 0.4) is 0 Å². The number of carbonyl (C=O) groups is 1. The zero-order chi connectivity index (χ0) is 4.99. The van der Waals surface area contributed by atoms with Crippen LogP contribution < -0.4 is 6.15 Å². The Balaban J connectivity index is 0. The Morgan fingerprint density at radius 3 is 2.29 bits per heavy atom. The van der Waals surface area contributed by atoms with Gasteiger partial charge in [0.25, 0.3) is 0 Å². The highest BCUT2D eigenvalue weighted by Gasteiger charge is 1.79. The number of esters is 1. The second kappa shape index (κ2) is 5.17. The SMILES string of the molecule is C=COC(C)=O.N. The summed E-state index contributed by atoms with van der Waals surface area (Å²) in [5, 5.41) is 0. The number of ether oxygens (including phenoxy) is 1. The lowest BCUT2D eigenvalue weighted by molar-refractivity contribution is -0.135. The topological polar surface area (TPSA) is 61.3 Å². The molecule has 0 aromatic heterocycles. The molecule has 0 fully saturated rings. The fraction of sp³-hybridized carbons (Fsp3) is 0.250. The van der Waals surface area contributed by atoms with Crippen molar-refractivity contribution < 1.29 is 9.53 Å². The van der Waals surface area contributed by atoms with Crippen molar-refractivity contribution in [3.05, 3.63) is 12.8 Å². The molecule has 0 aromatic rings. The molecule has 0 unspecified atom stereocenters. The molecule has 0 aliphatic carbocycles. The number of hydrogen-bond donors (Lipinski definition) is 1. The lowest BCUT2D eigenvalue weighted by Crippen LogP contribution is -1.87. The van der Waals surface area contributed by atoms with Gasteiger partial charge in [-0.2, -0.15) is 0 Å². The van der Waals surface area contributed by atoms with Crippen molar-refractivity contribution in [3.63, 3.8) is 0 Å². The first-order chi connectivity index (χ1) is 2.77. The average molecular weight is 103 g/mol. The molecule has 0 saturated heterocycles. The van der Waals surface area contributed by atoms with Crippen molar-refractivity contribution >= 4 is 5.97 Å². The lowest BCUT2D eigenvalue weighted by atomic mass is 10.8. The second-order valence-electron chi connectivity index (χ2n) is 0.776.